The monoisotopic (exact) mass is 204 g/mol. The molecule has 0 spiro atoms. The molecule has 0 aliphatic carbocycles. The largest absolute Gasteiger partial charge is 0.456 e. The van der Waals surface area contributed by atoms with E-state index in [2.05, 4.69) is 16.6 Å². The molecule has 0 fully saturated rings. The lowest BCUT2D eigenvalue weighted by Gasteiger charge is -1.91. The van der Waals surface area contributed by atoms with Gasteiger partial charge in [0, 0.05) is 11.5 Å². The maximum atomic E-state index is 10.8. The van der Waals surface area contributed by atoms with E-state index in [-0.39, 0.29) is 0 Å². The summed E-state index contributed by atoms with van der Waals surface area (Å²) in [6.07, 6.45) is 0. The zero-order valence-electron chi connectivity index (χ0n) is 9.41. The Labute approximate surface area is 91.3 Å². The number of benzene rings is 1. The third-order valence-corrected chi connectivity index (χ3v) is 1.36. The average Bonchev–Trinajstić information content (AvgIpc) is 2.31. The summed E-state index contributed by atoms with van der Waals surface area (Å²) in [5.74, 6) is 4.61. The Morgan fingerprint density at radius 1 is 1.27 bits per heavy atom. The maximum Gasteiger partial charge on any atom is 0.384 e. The fraction of sp³-hybridized carbons (Fsp3) is 0.308. The standard InChI is InChI=1S/C11H10O2.C2H6/c1-2-13-11(12)9-8-10-6-4-3-5-7-10;1-2/h3-7H,2H2,1H3;1-2H3. The van der Waals surface area contributed by atoms with E-state index < -0.39 is 5.97 Å². The van der Waals surface area contributed by atoms with Crippen LogP contribution >= 0.6 is 0 Å². The van der Waals surface area contributed by atoms with Crippen LogP contribution in [0.2, 0.25) is 0 Å². The summed E-state index contributed by atoms with van der Waals surface area (Å²) in [7, 11) is 0. The number of esters is 1. The molecule has 0 heterocycles. The zero-order valence-corrected chi connectivity index (χ0v) is 9.41. The molecule has 0 bridgehead atoms. The second kappa shape index (κ2) is 8.83. The highest BCUT2D eigenvalue weighted by Crippen LogP contribution is 1.94. The van der Waals surface area contributed by atoms with Gasteiger partial charge in [0.05, 0.1) is 6.61 Å². The first-order valence-corrected chi connectivity index (χ1v) is 5.06. The van der Waals surface area contributed by atoms with Gasteiger partial charge in [-0.1, -0.05) is 38.0 Å². The van der Waals surface area contributed by atoms with Crippen molar-refractivity contribution in [1.82, 2.24) is 0 Å². The van der Waals surface area contributed by atoms with Crippen molar-refractivity contribution < 1.29 is 9.53 Å². The van der Waals surface area contributed by atoms with E-state index in [1.54, 1.807) is 6.92 Å². The van der Waals surface area contributed by atoms with Crippen LogP contribution in [0.3, 0.4) is 0 Å². The molecule has 0 N–H and O–H groups in total. The average molecular weight is 204 g/mol. The molecule has 0 atom stereocenters. The van der Waals surface area contributed by atoms with Crippen molar-refractivity contribution in [2.75, 3.05) is 6.61 Å². The first-order valence-electron chi connectivity index (χ1n) is 5.06. The van der Waals surface area contributed by atoms with Crippen LogP contribution in [0.25, 0.3) is 0 Å². The van der Waals surface area contributed by atoms with Crippen molar-refractivity contribution in [2.24, 2.45) is 0 Å². The molecular weight excluding hydrogens is 188 g/mol. The summed E-state index contributed by atoms with van der Waals surface area (Å²) >= 11 is 0. The van der Waals surface area contributed by atoms with Gasteiger partial charge >= 0.3 is 5.97 Å². The van der Waals surface area contributed by atoms with E-state index >= 15 is 0 Å². The van der Waals surface area contributed by atoms with Crippen LogP contribution in [0.15, 0.2) is 30.3 Å². The van der Waals surface area contributed by atoms with Crippen LogP contribution in [-0.4, -0.2) is 12.6 Å². The van der Waals surface area contributed by atoms with E-state index in [0.29, 0.717) is 6.61 Å². The van der Waals surface area contributed by atoms with Crippen LogP contribution in [0.4, 0.5) is 0 Å². The smallest absolute Gasteiger partial charge is 0.384 e. The molecular formula is C13H16O2. The first kappa shape index (κ1) is 13.2. The highest BCUT2D eigenvalue weighted by Gasteiger charge is 1.91. The van der Waals surface area contributed by atoms with Gasteiger partial charge in [-0.15, -0.1) is 0 Å². The molecule has 0 aliphatic rings. The second-order valence-electron chi connectivity index (χ2n) is 2.34. The lowest BCUT2D eigenvalue weighted by atomic mass is 10.2. The zero-order chi connectivity index (χ0) is 11.5. The molecule has 1 rings (SSSR count). The molecule has 1 aromatic rings. The Morgan fingerprint density at radius 2 is 1.87 bits per heavy atom. The first-order chi connectivity index (χ1) is 7.33. The SMILES string of the molecule is CC.CCOC(=O)C#Cc1ccccc1. The van der Waals surface area contributed by atoms with E-state index in [9.17, 15) is 4.79 Å². The molecule has 2 heteroatoms. The van der Waals surface area contributed by atoms with E-state index in [1.165, 1.54) is 0 Å². The molecule has 15 heavy (non-hydrogen) atoms. The fourth-order valence-corrected chi connectivity index (χ4v) is 0.812. The summed E-state index contributed by atoms with van der Waals surface area (Å²) in [6, 6.07) is 9.32. The van der Waals surface area contributed by atoms with Gasteiger partial charge in [-0.3, -0.25) is 0 Å². The predicted molar refractivity (Wildman–Crippen MR) is 61.3 cm³/mol. The molecule has 0 amide bonds. The number of hydrogen-bond donors (Lipinski definition) is 0. The molecule has 0 saturated heterocycles. The van der Waals surface area contributed by atoms with Gasteiger partial charge in [-0.2, -0.15) is 0 Å². The lowest BCUT2D eigenvalue weighted by Crippen LogP contribution is -1.99. The molecule has 0 saturated carbocycles. The molecule has 0 unspecified atom stereocenters. The van der Waals surface area contributed by atoms with Crippen molar-refractivity contribution in [3.05, 3.63) is 35.9 Å². The topological polar surface area (TPSA) is 26.3 Å². The van der Waals surface area contributed by atoms with Crippen LogP contribution in [0.1, 0.15) is 26.3 Å². The third-order valence-electron chi connectivity index (χ3n) is 1.36. The van der Waals surface area contributed by atoms with Gasteiger partial charge < -0.3 is 4.74 Å². The highest BCUT2D eigenvalue weighted by molar-refractivity contribution is 5.89. The quantitative estimate of drug-likeness (QED) is 0.519. The molecule has 0 aromatic heterocycles. The predicted octanol–water partition coefficient (Wildman–Crippen LogP) is 2.63. The maximum absolute atomic E-state index is 10.8. The van der Waals surface area contributed by atoms with Gasteiger partial charge in [0.2, 0.25) is 0 Å². The Balaban J connectivity index is 0.000000921. The minimum absolute atomic E-state index is 0.363. The highest BCUT2D eigenvalue weighted by atomic mass is 16.5. The van der Waals surface area contributed by atoms with Gasteiger partial charge in [-0.05, 0) is 19.1 Å². The number of carbonyl (C=O) groups is 1. The van der Waals surface area contributed by atoms with E-state index in [0.717, 1.165) is 5.56 Å². The summed E-state index contributed by atoms with van der Waals surface area (Å²) in [5, 5.41) is 0. The molecule has 2 nitrogen and oxygen atoms in total. The normalized spacial score (nSPS) is 7.67. The molecule has 1 aromatic carbocycles. The van der Waals surface area contributed by atoms with Gasteiger partial charge in [-0.25, -0.2) is 4.79 Å². The summed E-state index contributed by atoms with van der Waals surface area (Å²) in [6.45, 7) is 6.12. The van der Waals surface area contributed by atoms with E-state index in [1.807, 2.05) is 44.2 Å². The Morgan fingerprint density at radius 3 is 2.40 bits per heavy atom. The van der Waals surface area contributed by atoms with Crippen molar-refractivity contribution in [2.45, 2.75) is 20.8 Å². The number of rotatable bonds is 1. The van der Waals surface area contributed by atoms with Gasteiger partial charge in [0.1, 0.15) is 0 Å². The minimum Gasteiger partial charge on any atom is -0.456 e. The van der Waals surface area contributed by atoms with Crippen molar-refractivity contribution in [3.8, 4) is 11.8 Å². The minimum atomic E-state index is -0.480. The fourth-order valence-electron chi connectivity index (χ4n) is 0.812. The van der Waals surface area contributed by atoms with Crippen LogP contribution in [0.5, 0.6) is 0 Å². The Kier molecular flexibility index (Phi) is 7.80. The van der Waals surface area contributed by atoms with Crippen molar-refractivity contribution in [1.29, 1.82) is 0 Å². The van der Waals surface area contributed by atoms with Crippen molar-refractivity contribution >= 4 is 5.97 Å². The third kappa shape index (κ3) is 6.34. The summed E-state index contributed by atoms with van der Waals surface area (Å²) < 4.78 is 4.65. The molecule has 0 radical (unpaired) electrons. The lowest BCUT2D eigenvalue weighted by molar-refractivity contribution is -0.136. The molecule has 0 aliphatic heterocycles. The molecule has 80 valence electrons. The van der Waals surface area contributed by atoms with Crippen LogP contribution in [0, 0.1) is 11.8 Å². The second-order valence-corrected chi connectivity index (χ2v) is 2.34. The summed E-state index contributed by atoms with van der Waals surface area (Å²) in [5.41, 5.74) is 0.815. The number of hydrogen-bond acceptors (Lipinski definition) is 2. The van der Waals surface area contributed by atoms with Gasteiger partial charge in [0.25, 0.3) is 0 Å². The Bertz CT molecular complexity index is 331. The van der Waals surface area contributed by atoms with E-state index in [4.69, 9.17) is 0 Å². The summed E-state index contributed by atoms with van der Waals surface area (Å²) in [4.78, 5) is 10.8. The number of ether oxygens (including phenoxy) is 1. The number of carbonyl (C=O) groups excluding carboxylic acids is 1. The Hall–Kier alpha value is -1.75. The van der Waals surface area contributed by atoms with Crippen LogP contribution in [-0.2, 0) is 9.53 Å². The van der Waals surface area contributed by atoms with Gasteiger partial charge in [0.15, 0.2) is 0 Å². The van der Waals surface area contributed by atoms with Crippen LogP contribution < -0.4 is 0 Å². The van der Waals surface area contributed by atoms with Crippen molar-refractivity contribution in [3.63, 3.8) is 0 Å².